The van der Waals surface area contributed by atoms with E-state index in [-0.39, 0.29) is 30.1 Å². The van der Waals surface area contributed by atoms with Gasteiger partial charge < -0.3 is 10.0 Å². The zero-order chi connectivity index (χ0) is 15.2. The van der Waals surface area contributed by atoms with Crippen LogP contribution in [-0.4, -0.2) is 40.2 Å². The summed E-state index contributed by atoms with van der Waals surface area (Å²) in [6, 6.07) is 6.27. The number of aliphatic carboxylic acids is 1. The third-order valence-corrected chi connectivity index (χ3v) is 4.61. The summed E-state index contributed by atoms with van der Waals surface area (Å²) in [4.78, 5) is 25.1. The van der Waals surface area contributed by atoms with Crippen molar-refractivity contribution in [3.63, 3.8) is 0 Å². The van der Waals surface area contributed by atoms with Crippen LogP contribution in [0.25, 0.3) is 0 Å². The lowest BCUT2D eigenvalue weighted by atomic mass is 10.2. The first kappa shape index (κ1) is 15.8. The summed E-state index contributed by atoms with van der Waals surface area (Å²) in [5, 5.41) is 8.96. The lowest BCUT2D eigenvalue weighted by Crippen LogP contribution is -2.43. The molecular formula is C15H18FNO3S. The lowest BCUT2D eigenvalue weighted by molar-refractivity contribution is -0.145. The number of carbonyl (C=O) groups excluding carboxylic acids is 1. The molecule has 6 heteroatoms. The number of amides is 1. The molecule has 1 aliphatic carbocycles. The zero-order valence-corrected chi connectivity index (χ0v) is 12.4. The van der Waals surface area contributed by atoms with Gasteiger partial charge in [-0.1, -0.05) is 25.0 Å². The lowest BCUT2D eigenvalue weighted by Gasteiger charge is -2.27. The van der Waals surface area contributed by atoms with E-state index in [1.807, 2.05) is 0 Å². The Morgan fingerprint density at radius 1 is 1.29 bits per heavy atom. The van der Waals surface area contributed by atoms with Crippen molar-refractivity contribution in [2.45, 2.75) is 36.6 Å². The van der Waals surface area contributed by atoms with E-state index in [0.29, 0.717) is 4.90 Å². The molecule has 0 spiro atoms. The van der Waals surface area contributed by atoms with Crippen molar-refractivity contribution in [1.82, 2.24) is 4.90 Å². The molecule has 4 nitrogen and oxygen atoms in total. The van der Waals surface area contributed by atoms with E-state index in [0.717, 1.165) is 37.4 Å². The van der Waals surface area contributed by atoms with Gasteiger partial charge in [0.1, 0.15) is 12.4 Å². The van der Waals surface area contributed by atoms with E-state index in [4.69, 9.17) is 5.11 Å². The van der Waals surface area contributed by atoms with E-state index in [9.17, 15) is 14.0 Å². The van der Waals surface area contributed by atoms with Gasteiger partial charge in [0.2, 0.25) is 5.91 Å². The molecule has 0 saturated heterocycles. The topological polar surface area (TPSA) is 57.6 Å². The number of benzene rings is 1. The van der Waals surface area contributed by atoms with Crippen LogP contribution in [0.3, 0.4) is 0 Å². The van der Waals surface area contributed by atoms with Crippen LogP contribution in [0.15, 0.2) is 29.2 Å². The SMILES string of the molecule is O=C(O)CN(C(=O)CSc1ccccc1F)C1CCCC1. The number of carboxylic acid groups (broad SMARTS) is 1. The summed E-state index contributed by atoms with van der Waals surface area (Å²) in [6.45, 7) is -0.276. The van der Waals surface area contributed by atoms with E-state index in [1.165, 1.54) is 11.0 Å². The number of nitrogens with zero attached hydrogens (tertiary/aromatic N) is 1. The third-order valence-electron chi connectivity index (χ3n) is 3.58. The summed E-state index contributed by atoms with van der Waals surface area (Å²) < 4.78 is 13.5. The van der Waals surface area contributed by atoms with E-state index < -0.39 is 5.97 Å². The number of thioether (sulfide) groups is 1. The minimum Gasteiger partial charge on any atom is -0.480 e. The quantitative estimate of drug-likeness (QED) is 0.821. The monoisotopic (exact) mass is 311 g/mol. The Balaban J connectivity index is 1.97. The van der Waals surface area contributed by atoms with Gasteiger partial charge in [0.05, 0.1) is 5.75 Å². The van der Waals surface area contributed by atoms with Crippen LogP contribution >= 0.6 is 11.8 Å². The molecule has 0 heterocycles. The molecule has 2 rings (SSSR count). The predicted molar refractivity (Wildman–Crippen MR) is 78.7 cm³/mol. The molecule has 21 heavy (non-hydrogen) atoms. The van der Waals surface area contributed by atoms with Crippen molar-refractivity contribution in [2.75, 3.05) is 12.3 Å². The van der Waals surface area contributed by atoms with Gasteiger partial charge in [0.25, 0.3) is 0 Å². The highest BCUT2D eigenvalue weighted by atomic mass is 32.2. The van der Waals surface area contributed by atoms with Crippen molar-refractivity contribution in [1.29, 1.82) is 0 Å². The highest BCUT2D eigenvalue weighted by molar-refractivity contribution is 8.00. The molecule has 1 saturated carbocycles. The van der Waals surface area contributed by atoms with Crippen molar-refractivity contribution in [3.8, 4) is 0 Å². The molecular weight excluding hydrogens is 293 g/mol. The molecule has 0 atom stereocenters. The average Bonchev–Trinajstić information content (AvgIpc) is 2.97. The second kappa shape index (κ2) is 7.45. The number of carboxylic acids is 1. The van der Waals surface area contributed by atoms with E-state index >= 15 is 0 Å². The molecule has 1 fully saturated rings. The maximum atomic E-state index is 13.5. The molecule has 1 aromatic rings. The Bertz CT molecular complexity index is 517. The minimum absolute atomic E-state index is 0.00909. The van der Waals surface area contributed by atoms with Gasteiger partial charge in [0, 0.05) is 10.9 Å². The number of hydrogen-bond acceptors (Lipinski definition) is 3. The van der Waals surface area contributed by atoms with Gasteiger partial charge in [0.15, 0.2) is 0 Å². The van der Waals surface area contributed by atoms with Crippen LogP contribution in [0, 0.1) is 5.82 Å². The Morgan fingerprint density at radius 3 is 2.57 bits per heavy atom. The molecule has 0 aromatic heterocycles. The fourth-order valence-corrected chi connectivity index (χ4v) is 3.39. The van der Waals surface area contributed by atoms with E-state index in [1.54, 1.807) is 18.2 Å². The van der Waals surface area contributed by atoms with Gasteiger partial charge in [-0.15, -0.1) is 11.8 Å². The van der Waals surface area contributed by atoms with Crippen molar-refractivity contribution in [3.05, 3.63) is 30.1 Å². The molecule has 0 radical (unpaired) electrons. The Hall–Kier alpha value is -1.56. The normalized spacial score (nSPS) is 15.1. The Kier molecular flexibility index (Phi) is 5.61. The second-order valence-electron chi connectivity index (χ2n) is 5.07. The third kappa shape index (κ3) is 4.46. The standard InChI is InChI=1S/C15H18FNO3S/c16-12-7-3-4-8-13(12)21-10-14(18)17(9-15(19)20)11-5-1-2-6-11/h3-4,7-8,11H,1-2,5-6,9-10H2,(H,19,20). The first-order chi connectivity index (χ1) is 10.1. The van der Waals surface area contributed by atoms with Crippen molar-refractivity contribution < 1.29 is 19.1 Å². The van der Waals surface area contributed by atoms with Gasteiger partial charge in [-0.2, -0.15) is 0 Å². The predicted octanol–water partition coefficient (Wildman–Crippen LogP) is 2.77. The molecule has 1 N–H and O–H groups in total. The summed E-state index contributed by atoms with van der Waals surface area (Å²) in [5.74, 6) is -1.55. The number of carbonyl (C=O) groups is 2. The van der Waals surface area contributed by atoms with Crippen LogP contribution in [0.5, 0.6) is 0 Å². The Labute approximate surface area is 127 Å². The maximum absolute atomic E-state index is 13.5. The van der Waals surface area contributed by atoms with Gasteiger partial charge in [-0.25, -0.2) is 4.39 Å². The first-order valence-corrected chi connectivity index (χ1v) is 7.95. The van der Waals surface area contributed by atoms with Gasteiger partial charge >= 0.3 is 5.97 Å². The largest absolute Gasteiger partial charge is 0.480 e. The maximum Gasteiger partial charge on any atom is 0.323 e. The number of rotatable bonds is 6. The molecule has 1 amide bonds. The summed E-state index contributed by atoms with van der Waals surface area (Å²) in [6.07, 6.45) is 3.75. The molecule has 0 aliphatic heterocycles. The average molecular weight is 311 g/mol. The van der Waals surface area contributed by atoms with Crippen molar-refractivity contribution in [2.24, 2.45) is 0 Å². The summed E-state index contributed by atoms with van der Waals surface area (Å²) in [5.41, 5.74) is 0. The zero-order valence-electron chi connectivity index (χ0n) is 11.6. The molecule has 0 unspecified atom stereocenters. The molecule has 114 valence electrons. The fourth-order valence-electron chi connectivity index (χ4n) is 2.57. The van der Waals surface area contributed by atoms with Gasteiger partial charge in [-0.05, 0) is 25.0 Å². The molecule has 0 bridgehead atoms. The van der Waals surface area contributed by atoms with Gasteiger partial charge in [-0.3, -0.25) is 9.59 Å². The molecule has 1 aliphatic rings. The minimum atomic E-state index is -1.01. The highest BCUT2D eigenvalue weighted by Gasteiger charge is 2.28. The number of halogens is 1. The second-order valence-corrected chi connectivity index (χ2v) is 6.09. The van der Waals surface area contributed by atoms with Crippen LogP contribution in [0.2, 0.25) is 0 Å². The van der Waals surface area contributed by atoms with E-state index in [2.05, 4.69) is 0 Å². The number of hydrogen-bond donors (Lipinski definition) is 1. The first-order valence-electron chi connectivity index (χ1n) is 6.96. The molecule has 1 aromatic carbocycles. The summed E-state index contributed by atoms with van der Waals surface area (Å²) in [7, 11) is 0. The van der Waals surface area contributed by atoms with Crippen LogP contribution in [0.1, 0.15) is 25.7 Å². The van der Waals surface area contributed by atoms with Crippen molar-refractivity contribution >= 4 is 23.6 Å². The Morgan fingerprint density at radius 2 is 1.95 bits per heavy atom. The smallest absolute Gasteiger partial charge is 0.323 e. The van der Waals surface area contributed by atoms with Crippen LogP contribution in [0.4, 0.5) is 4.39 Å². The van der Waals surface area contributed by atoms with Crippen LogP contribution in [-0.2, 0) is 9.59 Å². The van der Waals surface area contributed by atoms with Crippen LogP contribution < -0.4 is 0 Å². The highest BCUT2D eigenvalue weighted by Crippen LogP contribution is 2.26. The fraction of sp³-hybridized carbons (Fsp3) is 0.467. The summed E-state index contributed by atoms with van der Waals surface area (Å²) >= 11 is 1.11.